The second kappa shape index (κ2) is 7.60. The highest BCUT2D eigenvalue weighted by molar-refractivity contribution is 5.62. The molecule has 0 bridgehead atoms. The van der Waals surface area contributed by atoms with Gasteiger partial charge in [0.1, 0.15) is 11.6 Å². The molecule has 138 valence electrons. The topological polar surface area (TPSA) is 50.7 Å². The second-order valence-electron chi connectivity index (χ2n) is 6.93. The first-order valence-corrected chi connectivity index (χ1v) is 9.30. The van der Waals surface area contributed by atoms with Gasteiger partial charge in [-0.25, -0.2) is 9.97 Å². The van der Waals surface area contributed by atoms with Gasteiger partial charge < -0.3 is 19.3 Å². The Labute approximate surface area is 154 Å². The van der Waals surface area contributed by atoms with E-state index >= 15 is 0 Å². The van der Waals surface area contributed by atoms with Crippen LogP contribution < -0.4 is 9.64 Å². The van der Waals surface area contributed by atoms with Gasteiger partial charge >= 0.3 is 0 Å². The summed E-state index contributed by atoms with van der Waals surface area (Å²) >= 11 is 0. The van der Waals surface area contributed by atoms with Crippen LogP contribution in [0.1, 0.15) is 11.3 Å². The van der Waals surface area contributed by atoms with Gasteiger partial charge in [-0.2, -0.15) is 0 Å². The summed E-state index contributed by atoms with van der Waals surface area (Å²) in [4.78, 5) is 14.7. The molecule has 0 unspecified atom stereocenters. The lowest BCUT2D eigenvalue weighted by Crippen LogP contribution is -2.45. The minimum Gasteiger partial charge on any atom is -0.497 e. The molecular weight excluding hydrogens is 328 g/mol. The molecule has 0 N–H and O–H groups in total. The predicted octanol–water partition coefficient (Wildman–Crippen LogP) is 2.02. The number of fused-ring (bicyclic) bond motifs is 1. The van der Waals surface area contributed by atoms with Crippen LogP contribution in [0, 0.1) is 0 Å². The van der Waals surface area contributed by atoms with Gasteiger partial charge in [0.2, 0.25) is 0 Å². The Balaban J connectivity index is 1.75. The molecule has 0 atom stereocenters. The lowest BCUT2D eigenvalue weighted by Gasteiger charge is -2.34. The van der Waals surface area contributed by atoms with Crippen molar-refractivity contribution in [2.24, 2.45) is 0 Å². The van der Waals surface area contributed by atoms with E-state index in [0.29, 0.717) is 0 Å². The van der Waals surface area contributed by atoms with E-state index in [2.05, 4.69) is 16.8 Å². The van der Waals surface area contributed by atoms with Crippen molar-refractivity contribution in [3.8, 4) is 17.1 Å². The molecule has 3 heterocycles. The van der Waals surface area contributed by atoms with E-state index in [0.717, 1.165) is 80.9 Å². The first-order valence-electron chi connectivity index (χ1n) is 9.30. The standard InChI is InChI=1S/C20H26N4O2/c1-23-9-11-24(12-10-23)20-17-7-13-26-14-8-18(17)21-19(22-20)15-3-5-16(25-2)6-4-15/h3-6H,7-14H2,1-2H3. The number of benzene rings is 1. The second-order valence-corrected chi connectivity index (χ2v) is 6.93. The number of hydrogen-bond acceptors (Lipinski definition) is 6. The molecule has 2 aromatic rings. The summed E-state index contributed by atoms with van der Waals surface area (Å²) in [5, 5.41) is 0. The molecular formula is C20H26N4O2. The normalized spacial score (nSPS) is 18.3. The van der Waals surface area contributed by atoms with Crippen LogP contribution in [0.15, 0.2) is 24.3 Å². The van der Waals surface area contributed by atoms with Gasteiger partial charge in [0.15, 0.2) is 5.82 Å². The van der Waals surface area contributed by atoms with Crippen molar-refractivity contribution in [2.45, 2.75) is 12.8 Å². The molecule has 0 radical (unpaired) electrons. The molecule has 26 heavy (non-hydrogen) atoms. The summed E-state index contributed by atoms with van der Waals surface area (Å²) in [5.74, 6) is 2.73. The first kappa shape index (κ1) is 17.2. The molecule has 1 aromatic carbocycles. The fraction of sp³-hybridized carbons (Fsp3) is 0.500. The first-order chi connectivity index (χ1) is 12.7. The van der Waals surface area contributed by atoms with Gasteiger partial charge in [-0.1, -0.05) is 0 Å². The number of aromatic nitrogens is 2. The summed E-state index contributed by atoms with van der Waals surface area (Å²) < 4.78 is 11.0. The summed E-state index contributed by atoms with van der Waals surface area (Å²) in [6, 6.07) is 7.98. The average molecular weight is 354 g/mol. The Morgan fingerprint density at radius 2 is 1.69 bits per heavy atom. The van der Waals surface area contributed by atoms with Gasteiger partial charge in [0.25, 0.3) is 0 Å². The van der Waals surface area contributed by atoms with Crippen LogP contribution in [0.25, 0.3) is 11.4 Å². The van der Waals surface area contributed by atoms with E-state index in [1.165, 1.54) is 5.56 Å². The average Bonchev–Trinajstić information content (AvgIpc) is 2.93. The third kappa shape index (κ3) is 3.52. The molecule has 0 aliphatic carbocycles. The Morgan fingerprint density at radius 1 is 0.962 bits per heavy atom. The van der Waals surface area contributed by atoms with Gasteiger partial charge in [0, 0.05) is 50.1 Å². The van der Waals surface area contributed by atoms with E-state index in [1.807, 2.05) is 24.3 Å². The van der Waals surface area contributed by atoms with Crippen LogP contribution in [0.4, 0.5) is 5.82 Å². The number of ether oxygens (including phenoxy) is 2. The zero-order chi connectivity index (χ0) is 17.9. The largest absolute Gasteiger partial charge is 0.497 e. The van der Waals surface area contributed by atoms with Crippen molar-refractivity contribution in [1.29, 1.82) is 0 Å². The summed E-state index contributed by atoms with van der Waals surface area (Å²) in [7, 11) is 3.85. The van der Waals surface area contributed by atoms with Crippen molar-refractivity contribution in [1.82, 2.24) is 14.9 Å². The van der Waals surface area contributed by atoms with E-state index in [9.17, 15) is 0 Å². The van der Waals surface area contributed by atoms with Crippen molar-refractivity contribution >= 4 is 5.82 Å². The molecule has 0 spiro atoms. The molecule has 6 nitrogen and oxygen atoms in total. The van der Waals surface area contributed by atoms with E-state index in [1.54, 1.807) is 7.11 Å². The van der Waals surface area contributed by atoms with E-state index in [4.69, 9.17) is 19.4 Å². The fourth-order valence-electron chi connectivity index (χ4n) is 3.57. The summed E-state index contributed by atoms with van der Waals surface area (Å²) in [6.45, 7) is 5.61. The highest BCUT2D eigenvalue weighted by atomic mass is 16.5. The predicted molar refractivity (Wildman–Crippen MR) is 102 cm³/mol. The van der Waals surface area contributed by atoms with Crippen LogP contribution >= 0.6 is 0 Å². The molecule has 4 rings (SSSR count). The molecule has 1 fully saturated rings. The Morgan fingerprint density at radius 3 is 2.42 bits per heavy atom. The Kier molecular flexibility index (Phi) is 5.04. The summed E-state index contributed by atoms with van der Waals surface area (Å²) in [6.07, 6.45) is 1.74. The summed E-state index contributed by atoms with van der Waals surface area (Å²) in [5.41, 5.74) is 3.43. The number of methoxy groups -OCH3 is 1. The van der Waals surface area contributed by atoms with Crippen molar-refractivity contribution < 1.29 is 9.47 Å². The maximum absolute atomic E-state index is 5.70. The van der Waals surface area contributed by atoms with Crippen LogP contribution in [0.2, 0.25) is 0 Å². The van der Waals surface area contributed by atoms with Crippen LogP contribution in [0.5, 0.6) is 5.75 Å². The van der Waals surface area contributed by atoms with Gasteiger partial charge in [0.05, 0.1) is 26.0 Å². The van der Waals surface area contributed by atoms with Gasteiger partial charge in [-0.05, 0) is 31.3 Å². The molecule has 1 saturated heterocycles. The molecule has 1 aromatic heterocycles. The zero-order valence-corrected chi connectivity index (χ0v) is 15.6. The fourth-order valence-corrected chi connectivity index (χ4v) is 3.57. The molecule has 0 amide bonds. The van der Waals surface area contributed by atoms with Crippen LogP contribution in [-0.2, 0) is 17.6 Å². The number of piperazine rings is 1. The van der Waals surface area contributed by atoms with Gasteiger partial charge in [-0.15, -0.1) is 0 Å². The highest BCUT2D eigenvalue weighted by Crippen LogP contribution is 2.29. The Bertz CT molecular complexity index is 755. The molecule has 6 heteroatoms. The third-order valence-corrected chi connectivity index (χ3v) is 5.20. The minimum absolute atomic E-state index is 0.730. The molecule has 2 aliphatic rings. The maximum atomic E-state index is 5.70. The lowest BCUT2D eigenvalue weighted by molar-refractivity contribution is 0.146. The third-order valence-electron chi connectivity index (χ3n) is 5.20. The maximum Gasteiger partial charge on any atom is 0.161 e. The highest BCUT2D eigenvalue weighted by Gasteiger charge is 2.23. The van der Waals surface area contributed by atoms with E-state index in [-0.39, 0.29) is 0 Å². The van der Waals surface area contributed by atoms with Crippen molar-refractivity contribution in [3.05, 3.63) is 35.5 Å². The number of likely N-dealkylation sites (N-methyl/N-ethyl adjacent to an activating group) is 1. The van der Waals surface area contributed by atoms with E-state index < -0.39 is 0 Å². The van der Waals surface area contributed by atoms with Crippen LogP contribution in [0.3, 0.4) is 0 Å². The minimum atomic E-state index is 0.730. The van der Waals surface area contributed by atoms with Crippen LogP contribution in [-0.4, -0.2) is 68.4 Å². The lowest BCUT2D eigenvalue weighted by atomic mass is 10.1. The number of anilines is 1. The smallest absolute Gasteiger partial charge is 0.161 e. The monoisotopic (exact) mass is 354 g/mol. The van der Waals surface area contributed by atoms with Gasteiger partial charge in [-0.3, -0.25) is 0 Å². The van der Waals surface area contributed by atoms with Crippen molar-refractivity contribution in [3.63, 3.8) is 0 Å². The Hall–Kier alpha value is -2.18. The quantitative estimate of drug-likeness (QED) is 0.841. The number of nitrogens with zero attached hydrogens (tertiary/aromatic N) is 4. The van der Waals surface area contributed by atoms with Crippen molar-refractivity contribution in [2.75, 3.05) is 58.5 Å². The number of hydrogen-bond donors (Lipinski definition) is 0. The SMILES string of the molecule is COc1ccc(-c2nc3c(c(N4CCN(C)CC4)n2)CCOCC3)cc1. The zero-order valence-electron chi connectivity index (χ0n) is 15.6. The molecule has 0 saturated carbocycles. The number of rotatable bonds is 3. The molecule has 2 aliphatic heterocycles.